The van der Waals surface area contributed by atoms with E-state index in [-0.39, 0.29) is 11.5 Å². The van der Waals surface area contributed by atoms with E-state index in [1.807, 2.05) is 60.7 Å². The Balaban J connectivity index is 1.72. The van der Waals surface area contributed by atoms with Gasteiger partial charge in [-0.2, -0.15) is 0 Å². The monoisotopic (exact) mass is 318 g/mol. The van der Waals surface area contributed by atoms with Crippen molar-refractivity contribution in [1.82, 2.24) is 0 Å². The van der Waals surface area contributed by atoms with E-state index < -0.39 is 0 Å². The number of phenols is 2. The summed E-state index contributed by atoms with van der Waals surface area (Å²) in [6, 6.07) is 21.9. The number of aromatic hydroxyl groups is 2. The van der Waals surface area contributed by atoms with Gasteiger partial charge in [-0.15, -0.1) is 0 Å². The van der Waals surface area contributed by atoms with Gasteiger partial charge in [-0.3, -0.25) is 0 Å². The molecule has 0 unspecified atom stereocenters. The van der Waals surface area contributed by atoms with Crippen molar-refractivity contribution >= 4 is 12.2 Å². The Kier molecular flexibility index (Phi) is 4.82. The van der Waals surface area contributed by atoms with Crippen molar-refractivity contribution in [2.45, 2.75) is 6.61 Å². The zero-order valence-corrected chi connectivity index (χ0v) is 13.1. The second kappa shape index (κ2) is 7.38. The molecule has 0 saturated heterocycles. The van der Waals surface area contributed by atoms with Crippen LogP contribution >= 0.6 is 0 Å². The lowest BCUT2D eigenvalue weighted by Gasteiger charge is -2.08. The molecule has 3 aromatic rings. The van der Waals surface area contributed by atoms with Gasteiger partial charge in [0.05, 0.1) is 0 Å². The lowest BCUT2D eigenvalue weighted by atomic mass is 10.1. The molecule has 0 aliphatic carbocycles. The van der Waals surface area contributed by atoms with Crippen molar-refractivity contribution in [2.75, 3.05) is 0 Å². The van der Waals surface area contributed by atoms with Crippen LogP contribution in [0.25, 0.3) is 12.2 Å². The Labute approximate surface area is 141 Å². The van der Waals surface area contributed by atoms with Crippen LogP contribution in [0.3, 0.4) is 0 Å². The van der Waals surface area contributed by atoms with Crippen molar-refractivity contribution in [3.8, 4) is 17.2 Å². The molecule has 2 N–H and O–H groups in total. The van der Waals surface area contributed by atoms with Gasteiger partial charge in [0.15, 0.2) is 0 Å². The molecule has 0 amide bonds. The molecule has 0 bridgehead atoms. The first-order chi connectivity index (χ1) is 11.7. The Morgan fingerprint density at radius 2 is 1.42 bits per heavy atom. The quantitative estimate of drug-likeness (QED) is 0.661. The average Bonchev–Trinajstić information content (AvgIpc) is 2.60. The minimum Gasteiger partial charge on any atom is -0.508 e. The fraction of sp³-hybridized carbons (Fsp3) is 0.0476. The molecule has 120 valence electrons. The molecule has 3 rings (SSSR count). The third-order valence-corrected chi connectivity index (χ3v) is 3.52. The maximum Gasteiger partial charge on any atom is 0.124 e. The summed E-state index contributed by atoms with van der Waals surface area (Å²) in [6.07, 6.45) is 3.80. The van der Waals surface area contributed by atoms with Gasteiger partial charge >= 0.3 is 0 Å². The van der Waals surface area contributed by atoms with Gasteiger partial charge in [0.25, 0.3) is 0 Å². The summed E-state index contributed by atoms with van der Waals surface area (Å²) < 4.78 is 5.75. The highest BCUT2D eigenvalue weighted by atomic mass is 16.5. The van der Waals surface area contributed by atoms with Crippen molar-refractivity contribution in [1.29, 1.82) is 0 Å². The lowest BCUT2D eigenvalue weighted by Crippen LogP contribution is -1.95. The normalized spacial score (nSPS) is 10.8. The molecule has 3 heteroatoms. The van der Waals surface area contributed by atoms with E-state index >= 15 is 0 Å². The van der Waals surface area contributed by atoms with Crippen molar-refractivity contribution < 1.29 is 14.9 Å². The Bertz CT molecular complexity index is 821. The maximum absolute atomic E-state index is 9.88. The standard InChI is InChI=1S/C21H18O3/c22-19-10-8-16(9-11-19)6-7-18-12-20(23)14-21(13-18)24-15-17-4-2-1-3-5-17/h1-14,22-23H,15H2. The van der Waals surface area contributed by atoms with Crippen LogP contribution in [0.4, 0.5) is 0 Å². The molecule has 0 spiro atoms. The van der Waals surface area contributed by atoms with E-state index in [9.17, 15) is 10.2 Å². The van der Waals surface area contributed by atoms with E-state index in [0.717, 1.165) is 16.7 Å². The smallest absolute Gasteiger partial charge is 0.124 e. The third-order valence-electron chi connectivity index (χ3n) is 3.52. The summed E-state index contributed by atoms with van der Waals surface area (Å²) in [4.78, 5) is 0. The SMILES string of the molecule is Oc1ccc(C=Cc2cc(O)cc(OCc3ccccc3)c2)cc1. The number of ether oxygens (including phenoxy) is 1. The number of phenolic OH excluding ortho intramolecular Hbond substituents is 2. The highest BCUT2D eigenvalue weighted by molar-refractivity contribution is 5.71. The molecule has 0 aromatic heterocycles. The minimum absolute atomic E-state index is 0.158. The summed E-state index contributed by atoms with van der Waals surface area (Å²) >= 11 is 0. The number of hydrogen-bond donors (Lipinski definition) is 2. The van der Waals surface area contributed by atoms with Crippen LogP contribution in [0, 0.1) is 0 Å². The Morgan fingerprint density at radius 3 is 2.17 bits per heavy atom. The molecule has 0 heterocycles. The van der Waals surface area contributed by atoms with Crippen LogP contribution in [0.15, 0.2) is 72.8 Å². The van der Waals surface area contributed by atoms with Crippen LogP contribution in [0.5, 0.6) is 17.2 Å². The number of rotatable bonds is 5. The summed E-state index contributed by atoms with van der Waals surface area (Å²) in [5.41, 5.74) is 2.87. The van der Waals surface area contributed by atoms with Gasteiger partial charge in [0.2, 0.25) is 0 Å². The highest BCUT2D eigenvalue weighted by Gasteiger charge is 2.01. The van der Waals surface area contributed by atoms with Gasteiger partial charge < -0.3 is 14.9 Å². The van der Waals surface area contributed by atoms with E-state index in [4.69, 9.17) is 4.74 Å². The predicted octanol–water partition coefficient (Wildman–Crippen LogP) is 4.85. The van der Waals surface area contributed by atoms with Crippen LogP contribution in [0.1, 0.15) is 16.7 Å². The van der Waals surface area contributed by atoms with Crippen molar-refractivity contribution in [2.24, 2.45) is 0 Å². The molecular weight excluding hydrogens is 300 g/mol. The summed E-state index contributed by atoms with van der Waals surface area (Å²) in [6.45, 7) is 0.450. The second-order valence-corrected chi connectivity index (χ2v) is 5.46. The van der Waals surface area contributed by atoms with Crippen molar-refractivity contribution in [3.63, 3.8) is 0 Å². The number of hydrogen-bond acceptors (Lipinski definition) is 3. The van der Waals surface area contributed by atoms with Crippen LogP contribution in [-0.4, -0.2) is 10.2 Å². The Morgan fingerprint density at radius 1 is 0.708 bits per heavy atom. The zero-order chi connectivity index (χ0) is 16.8. The van der Waals surface area contributed by atoms with E-state index in [0.29, 0.717) is 12.4 Å². The van der Waals surface area contributed by atoms with E-state index in [1.165, 1.54) is 0 Å². The largest absolute Gasteiger partial charge is 0.508 e. The molecule has 0 atom stereocenters. The minimum atomic E-state index is 0.158. The van der Waals surface area contributed by atoms with E-state index in [2.05, 4.69) is 0 Å². The summed E-state index contributed by atoms with van der Waals surface area (Å²) in [5.74, 6) is 1.01. The maximum atomic E-state index is 9.88. The fourth-order valence-corrected chi connectivity index (χ4v) is 2.30. The van der Waals surface area contributed by atoms with Gasteiger partial charge in [-0.25, -0.2) is 0 Å². The second-order valence-electron chi connectivity index (χ2n) is 5.46. The molecule has 0 radical (unpaired) electrons. The average molecular weight is 318 g/mol. The van der Waals surface area contributed by atoms with Gasteiger partial charge in [-0.1, -0.05) is 54.6 Å². The van der Waals surface area contributed by atoms with E-state index in [1.54, 1.807) is 24.3 Å². The molecule has 0 saturated carbocycles. The molecule has 24 heavy (non-hydrogen) atoms. The Hall–Kier alpha value is -3.20. The first-order valence-electron chi connectivity index (χ1n) is 7.67. The summed E-state index contributed by atoms with van der Waals surface area (Å²) in [5, 5.41) is 19.2. The van der Waals surface area contributed by atoms with Gasteiger partial charge in [-0.05, 0) is 41.0 Å². The first kappa shape index (κ1) is 15.7. The van der Waals surface area contributed by atoms with Crippen LogP contribution in [0.2, 0.25) is 0 Å². The molecular formula is C21H18O3. The fourth-order valence-electron chi connectivity index (χ4n) is 2.30. The van der Waals surface area contributed by atoms with Crippen LogP contribution < -0.4 is 4.74 Å². The lowest BCUT2D eigenvalue weighted by molar-refractivity contribution is 0.304. The topological polar surface area (TPSA) is 49.7 Å². The third kappa shape index (κ3) is 4.40. The molecule has 0 fully saturated rings. The van der Waals surface area contributed by atoms with Crippen molar-refractivity contribution in [3.05, 3.63) is 89.5 Å². The van der Waals surface area contributed by atoms with Crippen LogP contribution in [-0.2, 0) is 6.61 Å². The van der Waals surface area contributed by atoms with Gasteiger partial charge in [0.1, 0.15) is 23.9 Å². The van der Waals surface area contributed by atoms with Gasteiger partial charge in [0, 0.05) is 6.07 Å². The molecule has 0 aliphatic heterocycles. The zero-order valence-electron chi connectivity index (χ0n) is 13.1. The molecule has 0 aliphatic rings. The predicted molar refractivity (Wildman–Crippen MR) is 95.9 cm³/mol. The molecule has 3 nitrogen and oxygen atoms in total. The molecule has 3 aromatic carbocycles. The highest BCUT2D eigenvalue weighted by Crippen LogP contribution is 2.24. The first-order valence-corrected chi connectivity index (χ1v) is 7.67. The number of benzene rings is 3. The summed E-state index contributed by atoms with van der Waals surface area (Å²) in [7, 11) is 0.